The quantitative estimate of drug-likeness (QED) is 0.746. The van der Waals surface area contributed by atoms with Gasteiger partial charge in [-0.2, -0.15) is 0 Å². The van der Waals surface area contributed by atoms with E-state index in [2.05, 4.69) is 0 Å². The summed E-state index contributed by atoms with van der Waals surface area (Å²) in [5.41, 5.74) is 0. The molecule has 82 valence electrons. The van der Waals surface area contributed by atoms with Gasteiger partial charge in [-0.25, -0.2) is 8.78 Å². The van der Waals surface area contributed by atoms with Crippen LogP contribution in [-0.2, 0) is 4.74 Å². The van der Waals surface area contributed by atoms with Crippen LogP contribution in [0.15, 0.2) is 0 Å². The van der Waals surface area contributed by atoms with E-state index in [1.54, 1.807) is 0 Å². The van der Waals surface area contributed by atoms with E-state index in [1.807, 2.05) is 0 Å². The molecule has 0 radical (unpaired) electrons. The Labute approximate surface area is 82.3 Å². The minimum absolute atomic E-state index is 0.0739. The third kappa shape index (κ3) is 2.06. The lowest BCUT2D eigenvalue weighted by molar-refractivity contribution is -0.159. The lowest BCUT2D eigenvalue weighted by Crippen LogP contribution is -2.46. The first-order valence-electron chi connectivity index (χ1n) is 5.22. The monoisotopic (exact) mass is 206 g/mol. The van der Waals surface area contributed by atoms with E-state index >= 15 is 0 Å². The Morgan fingerprint density at radius 1 is 1.29 bits per heavy atom. The van der Waals surface area contributed by atoms with Gasteiger partial charge in [-0.05, 0) is 18.8 Å². The first kappa shape index (κ1) is 10.3. The number of halogens is 2. The van der Waals surface area contributed by atoms with Crippen LogP contribution in [0.3, 0.4) is 0 Å². The summed E-state index contributed by atoms with van der Waals surface area (Å²) in [4.78, 5) is 0. The van der Waals surface area contributed by atoms with Crippen molar-refractivity contribution in [2.45, 2.75) is 37.7 Å². The van der Waals surface area contributed by atoms with Crippen molar-refractivity contribution in [3.63, 3.8) is 0 Å². The van der Waals surface area contributed by atoms with Crippen LogP contribution in [0.25, 0.3) is 0 Å². The van der Waals surface area contributed by atoms with Crippen LogP contribution < -0.4 is 0 Å². The van der Waals surface area contributed by atoms with Crippen molar-refractivity contribution in [1.29, 1.82) is 0 Å². The highest BCUT2D eigenvalue weighted by atomic mass is 19.3. The van der Waals surface area contributed by atoms with Crippen molar-refractivity contribution in [1.82, 2.24) is 0 Å². The van der Waals surface area contributed by atoms with E-state index in [0.29, 0.717) is 6.61 Å². The number of hydrogen-bond acceptors (Lipinski definition) is 2. The highest BCUT2D eigenvalue weighted by molar-refractivity contribution is 4.92. The predicted octanol–water partition coefficient (Wildman–Crippen LogP) is 1.82. The molecule has 1 heterocycles. The molecule has 1 N–H and O–H groups in total. The van der Waals surface area contributed by atoms with Gasteiger partial charge in [-0.15, -0.1) is 0 Å². The molecule has 0 aromatic rings. The highest BCUT2D eigenvalue weighted by Gasteiger charge is 2.49. The molecule has 2 rings (SSSR count). The van der Waals surface area contributed by atoms with E-state index < -0.39 is 12.0 Å². The fourth-order valence-corrected chi connectivity index (χ4v) is 2.37. The number of aliphatic hydroxyl groups is 1. The van der Waals surface area contributed by atoms with Crippen LogP contribution in [0.1, 0.15) is 25.7 Å². The maximum Gasteiger partial charge on any atom is 0.248 e. The van der Waals surface area contributed by atoms with Crippen molar-refractivity contribution in [2.24, 2.45) is 11.8 Å². The number of aliphatic hydroxyl groups excluding tert-OH is 1. The highest BCUT2D eigenvalue weighted by Crippen LogP contribution is 2.46. The van der Waals surface area contributed by atoms with Gasteiger partial charge in [-0.3, -0.25) is 0 Å². The number of rotatable bonds is 2. The molecule has 0 aromatic carbocycles. The van der Waals surface area contributed by atoms with Crippen molar-refractivity contribution in [3.05, 3.63) is 0 Å². The molecule has 1 saturated carbocycles. The smallest absolute Gasteiger partial charge is 0.248 e. The number of hydrogen-bond donors (Lipinski definition) is 1. The third-order valence-electron chi connectivity index (χ3n) is 3.28. The first-order chi connectivity index (χ1) is 6.58. The minimum atomic E-state index is -2.53. The van der Waals surface area contributed by atoms with Crippen LogP contribution in [0.2, 0.25) is 0 Å². The lowest BCUT2D eigenvalue weighted by atomic mass is 9.73. The summed E-state index contributed by atoms with van der Waals surface area (Å²) in [5, 5.41) is 9.81. The van der Waals surface area contributed by atoms with Crippen molar-refractivity contribution in [3.8, 4) is 0 Å². The van der Waals surface area contributed by atoms with Gasteiger partial charge in [0, 0.05) is 25.4 Å². The van der Waals surface area contributed by atoms with Gasteiger partial charge in [0.15, 0.2) is 0 Å². The molecule has 2 aliphatic rings. The Kier molecular flexibility index (Phi) is 2.75. The fourth-order valence-electron chi connectivity index (χ4n) is 2.37. The van der Waals surface area contributed by atoms with Crippen LogP contribution in [0.4, 0.5) is 8.78 Å². The number of ether oxygens (including phenoxy) is 1. The standard InChI is InChI=1S/C10H16F2O2/c11-10(12)4-8(5-10)9(13)7-2-1-3-14-6-7/h7-9,13H,1-6H2. The predicted molar refractivity (Wildman–Crippen MR) is 47.2 cm³/mol. The Bertz CT molecular complexity index is 194. The van der Waals surface area contributed by atoms with Crippen LogP contribution in [0, 0.1) is 11.8 Å². The average Bonchev–Trinajstić information content (AvgIpc) is 2.14. The molecule has 0 aromatic heterocycles. The fraction of sp³-hybridized carbons (Fsp3) is 1.00. The van der Waals surface area contributed by atoms with E-state index in [1.165, 1.54) is 0 Å². The zero-order valence-corrected chi connectivity index (χ0v) is 8.09. The second-order valence-electron chi connectivity index (χ2n) is 4.49. The molecule has 0 spiro atoms. The Morgan fingerprint density at radius 3 is 2.50 bits per heavy atom. The summed E-state index contributed by atoms with van der Waals surface area (Å²) in [6, 6.07) is 0. The maximum atomic E-state index is 12.6. The van der Waals surface area contributed by atoms with Gasteiger partial charge in [0.2, 0.25) is 5.92 Å². The first-order valence-corrected chi connectivity index (χ1v) is 5.22. The molecule has 4 heteroatoms. The summed E-state index contributed by atoms with van der Waals surface area (Å²) < 4.78 is 30.4. The lowest BCUT2D eigenvalue weighted by Gasteiger charge is -2.41. The SMILES string of the molecule is OC(C1CCCOC1)C1CC(F)(F)C1. The zero-order valence-electron chi connectivity index (χ0n) is 8.09. The Balaban J connectivity index is 1.80. The van der Waals surface area contributed by atoms with Gasteiger partial charge in [0.05, 0.1) is 12.7 Å². The second-order valence-corrected chi connectivity index (χ2v) is 4.49. The molecular formula is C10H16F2O2. The molecule has 0 bridgehead atoms. The summed E-state index contributed by atoms with van der Waals surface area (Å²) in [7, 11) is 0. The molecule has 2 fully saturated rings. The van der Waals surface area contributed by atoms with Crippen molar-refractivity contribution < 1.29 is 18.6 Å². The van der Waals surface area contributed by atoms with Gasteiger partial charge in [0.1, 0.15) is 0 Å². The van der Waals surface area contributed by atoms with Crippen molar-refractivity contribution in [2.75, 3.05) is 13.2 Å². The van der Waals surface area contributed by atoms with E-state index in [-0.39, 0.29) is 24.7 Å². The largest absolute Gasteiger partial charge is 0.392 e. The Hall–Kier alpha value is -0.220. The maximum absolute atomic E-state index is 12.6. The average molecular weight is 206 g/mol. The zero-order chi connectivity index (χ0) is 10.2. The van der Waals surface area contributed by atoms with Crippen LogP contribution >= 0.6 is 0 Å². The number of alkyl halides is 2. The molecule has 2 atom stereocenters. The third-order valence-corrected chi connectivity index (χ3v) is 3.28. The molecule has 1 aliphatic carbocycles. The van der Waals surface area contributed by atoms with Crippen LogP contribution in [-0.4, -0.2) is 30.3 Å². The van der Waals surface area contributed by atoms with Gasteiger partial charge in [0.25, 0.3) is 0 Å². The molecule has 0 amide bonds. The molecular weight excluding hydrogens is 190 g/mol. The van der Waals surface area contributed by atoms with E-state index in [4.69, 9.17) is 4.74 Å². The molecule has 14 heavy (non-hydrogen) atoms. The normalized spacial score (nSPS) is 34.9. The molecule has 2 nitrogen and oxygen atoms in total. The molecule has 1 saturated heterocycles. The molecule has 1 aliphatic heterocycles. The van der Waals surface area contributed by atoms with E-state index in [0.717, 1.165) is 19.4 Å². The summed E-state index contributed by atoms with van der Waals surface area (Å²) in [6.45, 7) is 1.27. The van der Waals surface area contributed by atoms with E-state index in [9.17, 15) is 13.9 Å². The minimum Gasteiger partial charge on any atom is -0.392 e. The van der Waals surface area contributed by atoms with Gasteiger partial charge < -0.3 is 9.84 Å². The van der Waals surface area contributed by atoms with Gasteiger partial charge in [-0.1, -0.05) is 0 Å². The second kappa shape index (κ2) is 3.74. The Morgan fingerprint density at radius 2 is 2.00 bits per heavy atom. The molecule has 2 unspecified atom stereocenters. The van der Waals surface area contributed by atoms with Crippen molar-refractivity contribution >= 4 is 0 Å². The van der Waals surface area contributed by atoms with Gasteiger partial charge >= 0.3 is 0 Å². The van der Waals surface area contributed by atoms with Crippen LogP contribution in [0.5, 0.6) is 0 Å². The topological polar surface area (TPSA) is 29.5 Å². The summed E-state index contributed by atoms with van der Waals surface area (Å²) in [5.74, 6) is -2.66. The summed E-state index contributed by atoms with van der Waals surface area (Å²) in [6.07, 6.45) is 0.957. The summed E-state index contributed by atoms with van der Waals surface area (Å²) >= 11 is 0.